The molecular weight excluding hydrogens is 226 g/mol. The van der Waals surface area contributed by atoms with E-state index in [4.69, 9.17) is 0 Å². The van der Waals surface area contributed by atoms with Crippen molar-refractivity contribution in [2.24, 2.45) is 0 Å². The fourth-order valence-corrected chi connectivity index (χ4v) is 4.06. The molecular formula is C10H21N3O2S. The third-order valence-corrected chi connectivity index (χ3v) is 5.35. The molecule has 1 saturated carbocycles. The van der Waals surface area contributed by atoms with E-state index >= 15 is 0 Å². The topological polar surface area (TPSA) is 52.7 Å². The summed E-state index contributed by atoms with van der Waals surface area (Å²) in [5.74, 6) is 0. The lowest BCUT2D eigenvalue weighted by Crippen LogP contribution is -2.46. The smallest absolute Gasteiger partial charge is 0.282 e. The van der Waals surface area contributed by atoms with Gasteiger partial charge in [0.25, 0.3) is 10.2 Å². The van der Waals surface area contributed by atoms with Crippen LogP contribution >= 0.6 is 0 Å². The molecule has 5 nitrogen and oxygen atoms in total. The van der Waals surface area contributed by atoms with Gasteiger partial charge in [0.15, 0.2) is 0 Å². The van der Waals surface area contributed by atoms with Gasteiger partial charge in [-0.05, 0) is 25.8 Å². The van der Waals surface area contributed by atoms with Gasteiger partial charge < -0.3 is 5.32 Å². The molecule has 0 amide bonds. The Morgan fingerprint density at radius 1 is 1.31 bits per heavy atom. The highest BCUT2D eigenvalue weighted by molar-refractivity contribution is 7.86. The maximum absolute atomic E-state index is 12.4. The van der Waals surface area contributed by atoms with Crippen LogP contribution in [0.1, 0.15) is 26.2 Å². The molecule has 1 aliphatic heterocycles. The van der Waals surface area contributed by atoms with Crippen molar-refractivity contribution in [1.29, 1.82) is 0 Å². The Morgan fingerprint density at radius 2 is 2.06 bits per heavy atom. The first-order valence-corrected chi connectivity index (χ1v) is 7.53. The predicted octanol–water partition coefficient (Wildman–Crippen LogP) is 0.0108. The number of rotatable bonds is 4. The van der Waals surface area contributed by atoms with E-state index in [1.807, 2.05) is 6.92 Å². The lowest BCUT2D eigenvalue weighted by atomic mass is 10.4. The molecule has 6 heteroatoms. The first-order chi connectivity index (χ1) is 7.66. The minimum absolute atomic E-state index is 0.270. The van der Waals surface area contributed by atoms with Crippen LogP contribution in [-0.2, 0) is 10.2 Å². The van der Waals surface area contributed by atoms with Crippen molar-refractivity contribution in [1.82, 2.24) is 13.9 Å². The summed E-state index contributed by atoms with van der Waals surface area (Å²) in [7, 11) is -3.21. The van der Waals surface area contributed by atoms with Gasteiger partial charge in [-0.15, -0.1) is 0 Å². The van der Waals surface area contributed by atoms with Gasteiger partial charge in [-0.3, -0.25) is 0 Å². The third kappa shape index (κ3) is 2.56. The molecule has 1 N–H and O–H groups in total. The van der Waals surface area contributed by atoms with Crippen LogP contribution in [0.2, 0.25) is 0 Å². The standard InChI is InChI=1S/C10H21N3O2S/c1-2-13(10-4-5-10)16(14,15)12-8-3-6-11-7-9-12/h10-11H,2-9H2,1H3. The highest BCUT2D eigenvalue weighted by atomic mass is 32.2. The SMILES string of the molecule is CCN(C1CC1)S(=O)(=O)N1CCCNCC1. The van der Waals surface area contributed by atoms with Gasteiger partial charge in [0.2, 0.25) is 0 Å². The second kappa shape index (κ2) is 5.00. The molecule has 94 valence electrons. The molecule has 2 aliphatic rings. The van der Waals surface area contributed by atoms with Gasteiger partial charge in [-0.1, -0.05) is 6.92 Å². The zero-order valence-electron chi connectivity index (χ0n) is 9.85. The van der Waals surface area contributed by atoms with E-state index in [2.05, 4.69) is 5.32 Å². The monoisotopic (exact) mass is 247 g/mol. The summed E-state index contributed by atoms with van der Waals surface area (Å²) in [5.41, 5.74) is 0. The summed E-state index contributed by atoms with van der Waals surface area (Å²) in [5, 5.41) is 3.23. The molecule has 0 unspecified atom stereocenters. The second-order valence-electron chi connectivity index (χ2n) is 4.44. The maximum Gasteiger partial charge on any atom is 0.282 e. The Balaban J connectivity index is 2.08. The Bertz CT molecular complexity index is 319. The van der Waals surface area contributed by atoms with Crippen LogP contribution in [0.15, 0.2) is 0 Å². The summed E-state index contributed by atoms with van der Waals surface area (Å²) in [6.45, 7) is 5.45. The Hall–Kier alpha value is -0.170. The minimum atomic E-state index is -3.21. The second-order valence-corrected chi connectivity index (χ2v) is 6.33. The first-order valence-electron chi connectivity index (χ1n) is 6.14. The predicted molar refractivity (Wildman–Crippen MR) is 63.4 cm³/mol. The van der Waals surface area contributed by atoms with E-state index in [9.17, 15) is 8.42 Å². The molecule has 1 heterocycles. The molecule has 0 aromatic carbocycles. The number of hydrogen-bond donors (Lipinski definition) is 1. The van der Waals surface area contributed by atoms with Crippen molar-refractivity contribution < 1.29 is 8.42 Å². The molecule has 2 fully saturated rings. The van der Waals surface area contributed by atoms with Crippen molar-refractivity contribution >= 4 is 10.2 Å². The van der Waals surface area contributed by atoms with Gasteiger partial charge in [0.05, 0.1) is 0 Å². The highest BCUT2D eigenvalue weighted by Crippen LogP contribution is 2.30. The Morgan fingerprint density at radius 3 is 2.69 bits per heavy atom. The van der Waals surface area contributed by atoms with Gasteiger partial charge in [-0.2, -0.15) is 17.0 Å². The van der Waals surface area contributed by atoms with Crippen LogP contribution in [0.3, 0.4) is 0 Å². The molecule has 2 rings (SSSR count). The summed E-state index contributed by atoms with van der Waals surface area (Å²) in [4.78, 5) is 0. The minimum Gasteiger partial charge on any atom is -0.315 e. The van der Waals surface area contributed by atoms with Gasteiger partial charge >= 0.3 is 0 Å². The maximum atomic E-state index is 12.4. The molecule has 0 bridgehead atoms. The zero-order chi connectivity index (χ0) is 11.6. The zero-order valence-corrected chi connectivity index (χ0v) is 10.7. The lowest BCUT2D eigenvalue weighted by molar-refractivity contribution is 0.346. The van der Waals surface area contributed by atoms with Crippen LogP contribution in [0.4, 0.5) is 0 Å². The van der Waals surface area contributed by atoms with E-state index in [-0.39, 0.29) is 6.04 Å². The van der Waals surface area contributed by atoms with Crippen molar-refractivity contribution in [3.8, 4) is 0 Å². The largest absolute Gasteiger partial charge is 0.315 e. The van der Waals surface area contributed by atoms with E-state index in [0.717, 1.165) is 32.4 Å². The van der Waals surface area contributed by atoms with Gasteiger partial charge in [0, 0.05) is 32.2 Å². The first kappa shape index (κ1) is 12.3. The Labute approximate surface area is 98.0 Å². The van der Waals surface area contributed by atoms with Crippen molar-refractivity contribution in [2.45, 2.75) is 32.2 Å². The van der Waals surface area contributed by atoms with Crippen molar-refractivity contribution in [3.05, 3.63) is 0 Å². The van der Waals surface area contributed by atoms with Crippen LogP contribution in [0.25, 0.3) is 0 Å². The fourth-order valence-electron chi connectivity index (χ4n) is 2.17. The van der Waals surface area contributed by atoms with E-state index in [0.29, 0.717) is 19.6 Å². The number of nitrogens with zero attached hydrogens (tertiary/aromatic N) is 2. The molecule has 0 aromatic heterocycles. The summed E-state index contributed by atoms with van der Waals surface area (Å²) < 4.78 is 28.0. The quantitative estimate of drug-likeness (QED) is 0.761. The molecule has 0 spiro atoms. The van der Waals surface area contributed by atoms with Gasteiger partial charge in [0.1, 0.15) is 0 Å². The van der Waals surface area contributed by atoms with Crippen LogP contribution in [-0.4, -0.2) is 55.8 Å². The Kier molecular flexibility index (Phi) is 3.84. The highest BCUT2D eigenvalue weighted by Gasteiger charge is 2.39. The van der Waals surface area contributed by atoms with Gasteiger partial charge in [-0.25, -0.2) is 0 Å². The summed E-state index contributed by atoms with van der Waals surface area (Å²) >= 11 is 0. The number of nitrogens with one attached hydrogen (secondary N) is 1. The normalized spacial score (nSPS) is 24.6. The van der Waals surface area contributed by atoms with Crippen LogP contribution < -0.4 is 5.32 Å². The summed E-state index contributed by atoms with van der Waals surface area (Å²) in [6.07, 6.45) is 2.96. The molecule has 0 radical (unpaired) electrons. The number of hydrogen-bond acceptors (Lipinski definition) is 3. The molecule has 1 aliphatic carbocycles. The molecule has 0 atom stereocenters. The van der Waals surface area contributed by atoms with Crippen molar-refractivity contribution in [2.75, 3.05) is 32.7 Å². The average molecular weight is 247 g/mol. The third-order valence-electron chi connectivity index (χ3n) is 3.19. The molecule has 16 heavy (non-hydrogen) atoms. The van der Waals surface area contributed by atoms with Crippen molar-refractivity contribution in [3.63, 3.8) is 0 Å². The lowest BCUT2D eigenvalue weighted by Gasteiger charge is -2.28. The molecule has 1 saturated heterocycles. The van der Waals surface area contributed by atoms with E-state index in [1.165, 1.54) is 0 Å². The van der Waals surface area contributed by atoms with E-state index < -0.39 is 10.2 Å². The summed E-state index contributed by atoms with van der Waals surface area (Å²) in [6, 6.07) is 0.270. The fraction of sp³-hybridized carbons (Fsp3) is 1.00. The van der Waals surface area contributed by atoms with Crippen LogP contribution in [0.5, 0.6) is 0 Å². The molecule has 0 aromatic rings. The van der Waals surface area contributed by atoms with E-state index in [1.54, 1.807) is 8.61 Å². The average Bonchev–Trinajstić information content (AvgIpc) is 3.04. The van der Waals surface area contributed by atoms with Crippen LogP contribution in [0, 0.1) is 0 Å².